The van der Waals surface area contributed by atoms with Gasteiger partial charge in [0.2, 0.25) is 5.91 Å². The summed E-state index contributed by atoms with van der Waals surface area (Å²) >= 11 is 0. The normalized spacial score (nSPS) is 18.5. The van der Waals surface area contributed by atoms with Crippen molar-refractivity contribution in [1.29, 1.82) is 0 Å². The summed E-state index contributed by atoms with van der Waals surface area (Å²) in [6.45, 7) is 1.86. The second-order valence-corrected chi connectivity index (χ2v) is 1.67. The van der Waals surface area contributed by atoms with Gasteiger partial charge in [-0.05, 0) is 0 Å². The van der Waals surface area contributed by atoms with Crippen LogP contribution in [0.3, 0.4) is 0 Å². The lowest BCUT2D eigenvalue weighted by Gasteiger charge is -1.95. The molecule has 1 aliphatic rings. The van der Waals surface area contributed by atoms with E-state index in [2.05, 4.69) is 0 Å². The van der Waals surface area contributed by atoms with Crippen LogP contribution >= 0.6 is 0 Å². The highest BCUT2D eigenvalue weighted by Crippen LogP contribution is 2.01. The van der Waals surface area contributed by atoms with E-state index in [0.29, 0.717) is 0 Å². The zero-order chi connectivity index (χ0) is 5.98. The Labute approximate surface area is 47.2 Å². The highest BCUT2D eigenvalue weighted by atomic mass is 16.7. The lowest BCUT2D eigenvalue weighted by atomic mass is 10.7. The standard InChI is InChI=1S/C4H8N2O2/c5-4(7)3-8-6-1-2-6/h1-3H2,(H2,5,7). The van der Waals surface area contributed by atoms with Crippen molar-refractivity contribution in [1.82, 2.24) is 5.06 Å². The molecule has 0 radical (unpaired) electrons. The zero-order valence-corrected chi connectivity index (χ0v) is 4.46. The van der Waals surface area contributed by atoms with Gasteiger partial charge in [-0.2, -0.15) is 5.06 Å². The first-order chi connectivity index (χ1) is 3.79. The number of carbonyl (C=O) groups excluding carboxylic acids is 1. The van der Waals surface area contributed by atoms with Crippen LogP contribution in [0.4, 0.5) is 0 Å². The van der Waals surface area contributed by atoms with Gasteiger partial charge in [0.1, 0.15) is 6.61 Å². The number of carbonyl (C=O) groups is 1. The molecule has 0 bridgehead atoms. The van der Waals surface area contributed by atoms with Gasteiger partial charge in [-0.15, -0.1) is 0 Å². The van der Waals surface area contributed by atoms with Crippen molar-refractivity contribution in [3.63, 3.8) is 0 Å². The molecule has 4 heteroatoms. The smallest absolute Gasteiger partial charge is 0.245 e. The minimum absolute atomic E-state index is 0.0139. The van der Waals surface area contributed by atoms with Gasteiger partial charge in [0, 0.05) is 13.1 Å². The highest BCUT2D eigenvalue weighted by Gasteiger charge is 2.18. The van der Waals surface area contributed by atoms with Crippen molar-refractivity contribution in [2.75, 3.05) is 19.7 Å². The molecule has 0 spiro atoms. The molecule has 0 aromatic carbocycles. The first kappa shape index (κ1) is 5.53. The number of nitrogens with zero attached hydrogens (tertiary/aromatic N) is 1. The summed E-state index contributed by atoms with van der Waals surface area (Å²) in [6, 6.07) is 0. The summed E-state index contributed by atoms with van der Waals surface area (Å²) in [4.78, 5) is 14.8. The van der Waals surface area contributed by atoms with Crippen LogP contribution in [0.5, 0.6) is 0 Å². The Hall–Kier alpha value is -0.610. The van der Waals surface area contributed by atoms with Gasteiger partial charge in [-0.1, -0.05) is 0 Å². The van der Waals surface area contributed by atoms with Crippen molar-refractivity contribution in [2.45, 2.75) is 0 Å². The molecule has 1 aliphatic heterocycles. The summed E-state index contributed by atoms with van der Waals surface area (Å²) in [5.41, 5.74) is 4.78. The number of hydrogen-bond donors (Lipinski definition) is 1. The molecule has 0 aromatic heterocycles. The minimum atomic E-state index is -0.420. The molecule has 46 valence electrons. The number of hydrogen-bond acceptors (Lipinski definition) is 3. The van der Waals surface area contributed by atoms with E-state index in [1.54, 1.807) is 5.06 Å². The summed E-state index contributed by atoms with van der Waals surface area (Å²) < 4.78 is 0. The predicted molar refractivity (Wildman–Crippen MR) is 26.7 cm³/mol. The van der Waals surface area contributed by atoms with Crippen LogP contribution in [0, 0.1) is 0 Å². The molecule has 1 saturated heterocycles. The maximum absolute atomic E-state index is 10.0. The molecule has 1 fully saturated rings. The van der Waals surface area contributed by atoms with Crippen molar-refractivity contribution in [3.8, 4) is 0 Å². The van der Waals surface area contributed by atoms with Gasteiger partial charge in [-0.25, -0.2) is 0 Å². The maximum Gasteiger partial charge on any atom is 0.245 e. The van der Waals surface area contributed by atoms with Crippen molar-refractivity contribution < 1.29 is 9.63 Å². The third kappa shape index (κ3) is 1.90. The van der Waals surface area contributed by atoms with E-state index in [0.717, 1.165) is 13.1 Å². The number of amides is 1. The molecule has 1 rings (SSSR count). The van der Waals surface area contributed by atoms with Crippen molar-refractivity contribution >= 4 is 5.91 Å². The van der Waals surface area contributed by atoms with Gasteiger partial charge in [0.25, 0.3) is 0 Å². The van der Waals surface area contributed by atoms with E-state index in [9.17, 15) is 4.79 Å². The molecule has 4 nitrogen and oxygen atoms in total. The Morgan fingerprint density at radius 3 is 2.75 bits per heavy atom. The number of hydroxylamine groups is 2. The Balaban J connectivity index is 1.95. The van der Waals surface area contributed by atoms with E-state index in [4.69, 9.17) is 10.6 Å². The van der Waals surface area contributed by atoms with Gasteiger partial charge >= 0.3 is 0 Å². The van der Waals surface area contributed by atoms with Crippen LogP contribution in [0.2, 0.25) is 0 Å². The molecule has 0 aromatic rings. The second kappa shape index (κ2) is 2.11. The van der Waals surface area contributed by atoms with E-state index >= 15 is 0 Å². The third-order valence-corrected chi connectivity index (χ3v) is 0.796. The van der Waals surface area contributed by atoms with E-state index < -0.39 is 5.91 Å². The molecule has 0 aliphatic carbocycles. The van der Waals surface area contributed by atoms with Gasteiger partial charge in [-0.3, -0.25) is 9.63 Å². The highest BCUT2D eigenvalue weighted by molar-refractivity contribution is 5.74. The molecular formula is C4H8N2O2. The molecule has 0 atom stereocenters. The van der Waals surface area contributed by atoms with Crippen LogP contribution < -0.4 is 5.73 Å². The molecule has 0 unspecified atom stereocenters. The topological polar surface area (TPSA) is 55.3 Å². The van der Waals surface area contributed by atoms with Gasteiger partial charge in [0.05, 0.1) is 0 Å². The molecular weight excluding hydrogens is 108 g/mol. The van der Waals surface area contributed by atoms with Crippen molar-refractivity contribution in [3.05, 3.63) is 0 Å². The Kier molecular flexibility index (Phi) is 1.45. The fourth-order valence-corrected chi connectivity index (χ4v) is 0.325. The molecule has 0 saturated carbocycles. The summed E-state index contributed by atoms with van der Waals surface area (Å²) in [5, 5.41) is 1.67. The summed E-state index contributed by atoms with van der Waals surface area (Å²) in [6.07, 6.45) is 0. The Morgan fingerprint density at radius 1 is 1.75 bits per heavy atom. The van der Waals surface area contributed by atoms with E-state index in [-0.39, 0.29) is 6.61 Å². The van der Waals surface area contributed by atoms with Gasteiger partial charge < -0.3 is 5.73 Å². The maximum atomic E-state index is 10.0. The quantitative estimate of drug-likeness (QED) is 0.467. The fraction of sp³-hybridized carbons (Fsp3) is 0.750. The van der Waals surface area contributed by atoms with Gasteiger partial charge in [0.15, 0.2) is 0 Å². The molecule has 2 N–H and O–H groups in total. The lowest BCUT2D eigenvalue weighted by molar-refractivity contribution is -0.134. The number of primary amides is 1. The van der Waals surface area contributed by atoms with Crippen molar-refractivity contribution in [2.24, 2.45) is 5.73 Å². The van der Waals surface area contributed by atoms with Crippen LogP contribution in [0.1, 0.15) is 0 Å². The predicted octanol–water partition coefficient (Wildman–Crippen LogP) is -1.28. The lowest BCUT2D eigenvalue weighted by Crippen LogP contribution is -2.19. The largest absolute Gasteiger partial charge is 0.368 e. The van der Waals surface area contributed by atoms with Crippen LogP contribution in [-0.4, -0.2) is 30.7 Å². The summed E-state index contributed by atoms with van der Waals surface area (Å²) in [7, 11) is 0. The van der Waals surface area contributed by atoms with Crippen LogP contribution in [-0.2, 0) is 9.63 Å². The minimum Gasteiger partial charge on any atom is -0.368 e. The fourth-order valence-electron chi connectivity index (χ4n) is 0.325. The zero-order valence-electron chi connectivity index (χ0n) is 4.46. The average molecular weight is 116 g/mol. The molecule has 1 amide bonds. The summed E-state index contributed by atoms with van der Waals surface area (Å²) in [5.74, 6) is -0.420. The van der Waals surface area contributed by atoms with E-state index in [1.807, 2.05) is 0 Å². The average Bonchev–Trinajstić information content (AvgIpc) is 2.41. The second-order valence-electron chi connectivity index (χ2n) is 1.67. The SMILES string of the molecule is NC(=O)CON1CC1. The first-order valence-corrected chi connectivity index (χ1v) is 2.45. The van der Waals surface area contributed by atoms with E-state index in [1.165, 1.54) is 0 Å². The Morgan fingerprint density at radius 2 is 2.38 bits per heavy atom. The first-order valence-electron chi connectivity index (χ1n) is 2.45. The van der Waals surface area contributed by atoms with Crippen LogP contribution in [0.15, 0.2) is 0 Å². The third-order valence-electron chi connectivity index (χ3n) is 0.796. The number of nitrogens with two attached hydrogens (primary N) is 1. The number of rotatable bonds is 3. The monoisotopic (exact) mass is 116 g/mol. The molecule has 1 heterocycles. The Bertz CT molecular complexity index is 100. The van der Waals surface area contributed by atoms with Crippen LogP contribution in [0.25, 0.3) is 0 Å². The molecule has 8 heavy (non-hydrogen) atoms.